The normalized spacial score (nSPS) is 10.7. The van der Waals surface area contributed by atoms with E-state index in [1.165, 1.54) is 5.69 Å². The van der Waals surface area contributed by atoms with E-state index in [-0.39, 0.29) is 0 Å². The monoisotopic (exact) mass is 220 g/mol. The molecule has 0 amide bonds. The van der Waals surface area contributed by atoms with Crippen molar-refractivity contribution in [3.05, 3.63) is 35.0 Å². The number of hydrogen-bond acceptors (Lipinski definition) is 2. The minimum atomic E-state index is 0.727. The summed E-state index contributed by atoms with van der Waals surface area (Å²) in [6.07, 6.45) is 0. The van der Waals surface area contributed by atoms with Gasteiger partial charge in [-0.3, -0.25) is 4.98 Å². The fourth-order valence-electron chi connectivity index (χ4n) is 1.68. The van der Waals surface area contributed by atoms with Gasteiger partial charge in [-0.2, -0.15) is 0 Å². The minimum Gasteiger partial charge on any atom is -0.377 e. The summed E-state index contributed by atoms with van der Waals surface area (Å²) in [5.74, 6) is 0. The summed E-state index contributed by atoms with van der Waals surface area (Å²) in [5, 5.41) is 1.86. The molecule has 15 heavy (non-hydrogen) atoms. The number of aryl methyl sites for hydroxylation is 1. The predicted octanol–water partition coefficient (Wildman–Crippen LogP) is 3.26. The summed E-state index contributed by atoms with van der Waals surface area (Å²) in [7, 11) is 4.06. The first kappa shape index (κ1) is 10.2. The summed E-state index contributed by atoms with van der Waals surface area (Å²) in [4.78, 5) is 6.56. The zero-order chi connectivity index (χ0) is 11.0. The standard InChI is InChI=1S/C12H13ClN2/c1-8-6-12(15(2)3)10-5-4-9(13)7-11(10)14-8/h4-7H,1-3H3. The molecule has 2 rings (SSSR count). The van der Waals surface area contributed by atoms with Gasteiger partial charge in [-0.1, -0.05) is 11.6 Å². The highest BCUT2D eigenvalue weighted by Gasteiger charge is 2.05. The van der Waals surface area contributed by atoms with Gasteiger partial charge in [0.2, 0.25) is 0 Å². The SMILES string of the molecule is Cc1cc(N(C)C)c2ccc(Cl)cc2n1. The Hall–Kier alpha value is -1.28. The molecule has 0 unspecified atom stereocenters. The van der Waals surface area contributed by atoms with E-state index in [0.717, 1.165) is 21.6 Å². The predicted molar refractivity (Wildman–Crippen MR) is 65.8 cm³/mol. The topological polar surface area (TPSA) is 16.1 Å². The van der Waals surface area contributed by atoms with Crippen LogP contribution in [0.1, 0.15) is 5.69 Å². The van der Waals surface area contributed by atoms with Crippen molar-refractivity contribution in [2.45, 2.75) is 6.92 Å². The van der Waals surface area contributed by atoms with Gasteiger partial charge in [0.15, 0.2) is 0 Å². The van der Waals surface area contributed by atoms with E-state index in [0.29, 0.717) is 0 Å². The van der Waals surface area contributed by atoms with Gasteiger partial charge in [0.05, 0.1) is 5.52 Å². The van der Waals surface area contributed by atoms with Crippen molar-refractivity contribution < 1.29 is 0 Å². The van der Waals surface area contributed by atoms with Crippen LogP contribution in [0.4, 0.5) is 5.69 Å². The highest BCUT2D eigenvalue weighted by molar-refractivity contribution is 6.31. The van der Waals surface area contributed by atoms with Gasteiger partial charge >= 0.3 is 0 Å². The van der Waals surface area contributed by atoms with Crippen molar-refractivity contribution in [3.63, 3.8) is 0 Å². The third-order valence-corrected chi connectivity index (χ3v) is 2.60. The Labute approximate surface area is 94.5 Å². The summed E-state index contributed by atoms with van der Waals surface area (Å²) in [6, 6.07) is 7.89. The van der Waals surface area contributed by atoms with Crippen LogP contribution in [0.5, 0.6) is 0 Å². The molecule has 1 aromatic heterocycles. The van der Waals surface area contributed by atoms with Gasteiger partial charge in [0.25, 0.3) is 0 Å². The minimum absolute atomic E-state index is 0.727. The Balaban J connectivity index is 2.80. The van der Waals surface area contributed by atoms with Crippen molar-refractivity contribution in [2.75, 3.05) is 19.0 Å². The molecule has 0 bridgehead atoms. The molecule has 0 aliphatic heterocycles. The lowest BCUT2D eigenvalue weighted by atomic mass is 10.1. The molecule has 0 aliphatic carbocycles. The van der Waals surface area contributed by atoms with Gasteiger partial charge in [0, 0.05) is 35.9 Å². The lowest BCUT2D eigenvalue weighted by Crippen LogP contribution is -2.09. The fourth-order valence-corrected chi connectivity index (χ4v) is 1.85. The van der Waals surface area contributed by atoms with Crippen LogP contribution < -0.4 is 4.90 Å². The average Bonchev–Trinajstić information content (AvgIpc) is 2.15. The van der Waals surface area contributed by atoms with Crippen LogP contribution in [-0.2, 0) is 0 Å². The molecule has 1 aromatic carbocycles. The van der Waals surface area contributed by atoms with Gasteiger partial charge in [-0.15, -0.1) is 0 Å². The molecule has 0 fully saturated rings. The summed E-state index contributed by atoms with van der Waals surface area (Å²) in [6.45, 7) is 1.99. The molecular weight excluding hydrogens is 208 g/mol. The highest BCUT2D eigenvalue weighted by atomic mass is 35.5. The number of rotatable bonds is 1. The van der Waals surface area contributed by atoms with Gasteiger partial charge in [-0.25, -0.2) is 0 Å². The van der Waals surface area contributed by atoms with Crippen molar-refractivity contribution >= 4 is 28.2 Å². The molecule has 78 valence electrons. The van der Waals surface area contributed by atoms with Crippen LogP contribution in [0.25, 0.3) is 10.9 Å². The number of benzene rings is 1. The van der Waals surface area contributed by atoms with Crippen LogP contribution in [0.2, 0.25) is 5.02 Å². The lowest BCUT2D eigenvalue weighted by Gasteiger charge is -2.16. The number of anilines is 1. The van der Waals surface area contributed by atoms with Gasteiger partial charge in [-0.05, 0) is 31.2 Å². The summed E-state index contributed by atoms with van der Waals surface area (Å²) in [5.41, 5.74) is 3.13. The number of hydrogen-bond donors (Lipinski definition) is 0. The molecule has 1 heterocycles. The van der Waals surface area contributed by atoms with Crippen LogP contribution >= 0.6 is 11.6 Å². The second-order valence-corrected chi connectivity index (χ2v) is 4.28. The van der Waals surface area contributed by atoms with Gasteiger partial charge < -0.3 is 4.90 Å². The smallest absolute Gasteiger partial charge is 0.0740 e. The number of pyridine rings is 1. The molecular formula is C12H13ClN2. The molecule has 0 radical (unpaired) electrons. The third kappa shape index (κ3) is 1.90. The molecule has 0 aliphatic rings. The third-order valence-electron chi connectivity index (χ3n) is 2.36. The Morgan fingerprint density at radius 2 is 1.93 bits per heavy atom. The fraction of sp³-hybridized carbons (Fsp3) is 0.250. The molecule has 0 saturated carbocycles. The van der Waals surface area contributed by atoms with E-state index in [1.807, 2.05) is 39.2 Å². The van der Waals surface area contributed by atoms with Crippen LogP contribution in [-0.4, -0.2) is 19.1 Å². The van der Waals surface area contributed by atoms with Crippen molar-refractivity contribution in [1.82, 2.24) is 4.98 Å². The van der Waals surface area contributed by atoms with E-state index in [9.17, 15) is 0 Å². The Bertz CT molecular complexity index is 501. The zero-order valence-corrected chi connectivity index (χ0v) is 9.84. The van der Waals surface area contributed by atoms with E-state index >= 15 is 0 Å². The maximum Gasteiger partial charge on any atom is 0.0740 e. The number of halogens is 1. The van der Waals surface area contributed by atoms with Crippen molar-refractivity contribution in [3.8, 4) is 0 Å². The number of aromatic nitrogens is 1. The number of nitrogens with zero attached hydrogens (tertiary/aromatic N) is 2. The van der Waals surface area contributed by atoms with E-state index < -0.39 is 0 Å². The highest BCUT2D eigenvalue weighted by Crippen LogP contribution is 2.27. The zero-order valence-electron chi connectivity index (χ0n) is 9.08. The Morgan fingerprint density at radius 3 is 2.60 bits per heavy atom. The summed E-state index contributed by atoms with van der Waals surface area (Å²) < 4.78 is 0. The van der Waals surface area contributed by atoms with E-state index in [2.05, 4.69) is 16.0 Å². The largest absolute Gasteiger partial charge is 0.377 e. The van der Waals surface area contributed by atoms with Crippen LogP contribution in [0.15, 0.2) is 24.3 Å². The van der Waals surface area contributed by atoms with E-state index in [4.69, 9.17) is 11.6 Å². The Kier molecular flexibility index (Phi) is 2.53. The molecule has 0 N–H and O–H groups in total. The first-order valence-electron chi connectivity index (χ1n) is 4.82. The lowest BCUT2D eigenvalue weighted by molar-refractivity contribution is 1.12. The van der Waals surface area contributed by atoms with Crippen molar-refractivity contribution in [2.24, 2.45) is 0 Å². The first-order chi connectivity index (χ1) is 7.08. The molecule has 0 spiro atoms. The molecule has 0 saturated heterocycles. The van der Waals surface area contributed by atoms with Crippen molar-refractivity contribution in [1.29, 1.82) is 0 Å². The molecule has 2 aromatic rings. The number of fused-ring (bicyclic) bond motifs is 1. The summed E-state index contributed by atoms with van der Waals surface area (Å²) >= 11 is 5.95. The maximum atomic E-state index is 5.95. The molecule has 0 atom stereocenters. The van der Waals surface area contributed by atoms with Crippen LogP contribution in [0.3, 0.4) is 0 Å². The Morgan fingerprint density at radius 1 is 1.20 bits per heavy atom. The van der Waals surface area contributed by atoms with Crippen LogP contribution in [0, 0.1) is 6.92 Å². The second-order valence-electron chi connectivity index (χ2n) is 3.84. The van der Waals surface area contributed by atoms with E-state index in [1.54, 1.807) is 0 Å². The first-order valence-corrected chi connectivity index (χ1v) is 5.20. The quantitative estimate of drug-likeness (QED) is 0.734. The average molecular weight is 221 g/mol. The maximum absolute atomic E-state index is 5.95. The molecule has 3 heteroatoms. The molecule has 2 nitrogen and oxygen atoms in total. The second kappa shape index (κ2) is 3.70. The van der Waals surface area contributed by atoms with Gasteiger partial charge in [0.1, 0.15) is 0 Å².